The number of nitrogens with one attached hydrogen (secondary N) is 1. The van der Waals surface area contributed by atoms with Crippen LogP contribution in [0, 0.1) is 0 Å². The molecule has 4 nitrogen and oxygen atoms in total. The molecule has 0 radical (unpaired) electrons. The van der Waals surface area contributed by atoms with Crippen molar-refractivity contribution in [2.75, 3.05) is 13.1 Å². The summed E-state index contributed by atoms with van der Waals surface area (Å²) in [7, 11) is 0. The monoisotopic (exact) mass is 272 g/mol. The number of hydrogen-bond donors (Lipinski definition) is 2. The highest BCUT2D eigenvalue weighted by Crippen LogP contribution is 2.30. The second-order valence-electron chi connectivity index (χ2n) is 5.48. The van der Waals surface area contributed by atoms with Gasteiger partial charge in [-0.2, -0.15) is 0 Å². The number of aliphatic carboxylic acids is 1. The molecule has 0 aliphatic carbocycles. The van der Waals surface area contributed by atoms with Gasteiger partial charge in [-0.1, -0.05) is 31.0 Å². The number of rotatable bonds is 3. The number of benzene rings is 1. The average Bonchev–Trinajstić information content (AvgIpc) is 2.68. The van der Waals surface area contributed by atoms with Crippen molar-refractivity contribution < 1.29 is 9.90 Å². The molecule has 0 bridgehead atoms. The van der Waals surface area contributed by atoms with Gasteiger partial charge < -0.3 is 10.1 Å². The van der Waals surface area contributed by atoms with E-state index in [9.17, 15) is 9.90 Å². The van der Waals surface area contributed by atoms with Gasteiger partial charge in [-0.3, -0.25) is 9.69 Å². The first-order chi connectivity index (χ1) is 9.77. The number of para-hydroxylation sites is 1. The van der Waals surface area contributed by atoms with E-state index in [2.05, 4.69) is 9.88 Å². The number of likely N-dealkylation sites (tertiary alicyclic amines) is 1. The Morgan fingerprint density at radius 2 is 1.85 bits per heavy atom. The van der Waals surface area contributed by atoms with Crippen LogP contribution in [0.3, 0.4) is 0 Å². The Morgan fingerprint density at radius 1 is 1.15 bits per heavy atom. The number of aromatic amines is 1. The number of aromatic nitrogens is 1. The van der Waals surface area contributed by atoms with Crippen LogP contribution in [0.2, 0.25) is 0 Å². The first-order valence-electron chi connectivity index (χ1n) is 7.30. The van der Waals surface area contributed by atoms with Gasteiger partial charge in [-0.15, -0.1) is 0 Å². The molecule has 2 heterocycles. The highest BCUT2D eigenvalue weighted by Gasteiger charge is 2.29. The SMILES string of the molecule is O=C(O)C(c1c[nH]c2ccccc12)N1CCCCCC1. The van der Waals surface area contributed by atoms with Crippen molar-refractivity contribution in [3.05, 3.63) is 36.0 Å². The van der Waals surface area contributed by atoms with Gasteiger partial charge in [0.25, 0.3) is 0 Å². The number of H-pyrrole nitrogens is 1. The lowest BCUT2D eigenvalue weighted by Crippen LogP contribution is -2.34. The fourth-order valence-electron chi connectivity index (χ4n) is 3.16. The normalized spacial score (nSPS) is 18.8. The Kier molecular flexibility index (Phi) is 3.74. The van der Waals surface area contributed by atoms with Gasteiger partial charge in [0.1, 0.15) is 6.04 Å². The third-order valence-electron chi connectivity index (χ3n) is 4.16. The highest BCUT2D eigenvalue weighted by atomic mass is 16.4. The molecule has 0 saturated carbocycles. The third-order valence-corrected chi connectivity index (χ3v) is 4.16. The zero-order valence-corrected chi connectivity index (χ0v) is 11.5. The fraction of sp³-hybridized carbons (Fsp3) is 0.438. The summed E-state index contributed by atoms with van der Waals surface area (Å²) >= 11 is 0. The second-order valence-corrected chi connectivity index (χ2v) is 5.48. The minimum absolute atomic E-state index is 0.538. The summed E-state index contributed by atoms with van der Waals surface area (Å²) in [5.41, 5.74) is 1.89. The molecule has 4 heteroatoms. The zero-order chi connectivity index (χ0) is 13.9. The summed E-state index contributed by atoms with van der Waals surface area (Å²) in [6.45, 7) is 1.74. The molecular weight excluding hydrogens is 252 g/mol. The maximum Gasteiger partial charge on any atom is 0.325 e. The van der Waals surface area contributed by atoms with Crippen LogP contribution in [-0.4, -0.2) is 34.0 Å². The molecule has 1 aromatic heterocycles. The summed E-state index contributed by atoms with van der Waals surface area (Å²) in [4.78, 5) is 17.1. The van der Waals surface area contributed by atoms with E-state index in [0.717, 1.165) is 42.4 Å². The molecule has 2 aromatic rings. The molecule has 1 aliphatic rings. The maximum absolute atomic E-state index is 11.8. The zero-order valence-electron chi connectivity index (χ0n) is 11.5. The van der Waals surface area contributed by atoms with Crippen molar-refractivity contribution in [1.29, 1.82) is 0 Å². The van der Waals surface area contributed by atoms with Crippen LogP contribution >= 0.6 is 0 Å². The van der Waals surface area contributed by atoms with Crippen LogP contribution in [0.5, 0.6) is 0 Å². The average molecular weight is 272 g/mol. The van der Waals surface area contributed by atoms with Crippen molar-refractivity contribution in [2.24, 2.45) is 0 Å². The predicted octanol–water partition coefficient (Wildman–Crippen LogP) is 3.17. The molecule has 1 aromatic carbocycles. The summed E-state index contributed by atoms with van der Waals surface area (Å²) in [5, 5.41) is 10.7. The van der Waals surface area contributed by atoms with E-state index in [1.54, 1.807) is 0 Å². The highest BCUT2D eigenvalue weighted by molar-refractivity contribution is 5.89. The number of fused-ring (bicyclic) bond motifs is 1. The quantitative estimate of drug-likeness (QED) is 0.902. The Morgan fingerprint density at radius 3 is 2.55 bits per heavy atom. The largest absolute Gasteiger partial charge is 0.480 e. The van der Waals surface area contributed by atoms with Crippen molar-refractivity contribution in [3.63, 3.8) is 0 Å². The van der Waals surface area contributed by atoms with Gasteiger partial charge in [0.15, 0.2) is 0 Å². The minimum Gasteiger partial charge on any atom is -0.480 e. The summed E-state index contributed by atoms with van der Waals surface area (Å²) in [6, 6.07) is 7.37. The van der Waals surface area contributed by atoms with E-state index < -0.39 is 12.0 Å². The van der Waals surface area contributed by atoms with Gasteiger partial charge in [-0.05, 0) is 32.0 Å². The fourth-order valence-corrected chi connectivity index (χ4v) is 3.16. The molecule has 1 saturated heterocycles. The van der Waals surface area contributed by atoms with Crippen molar-refractivity contribution >= 4 is 16.9 Å². The van der Waals surface area contributed by atoms with Crippen molar-refractivity contribution in [1.82, 2.24) is 9.88 Å². The molecule has 20 heavy (non-hydrogen) atoms. The van der Waals surface area contributed by atoms with E-state index in [-0.39, 0.29) is 0 Å². The molecule has 3 rings (SSSR count). The van der Waals surface area contributed by atoms with Crippen LogP contribution in [0.25, 0.3) is 10.9 Å². The van der Waals surface area contributed by atoms with Crippen LogP contribution in [0.15, 0.2) is 30.5 Å². The smallest absolute Gasteiger partial charge is 0.325 e. The van der Waals surface area contributed by atoms with Crippen LogP contribution < -0.4 is 0 Å². The van der Waals surface area contributed by atoms with Crippen LogP contribution in [0.1, 0.15) is 37.3 Å². The van der Waals surface area contributed by atoms with Crippen LogP contribution in [0.4, 0.5) is 0 Å². The molecule has 106 valence electrons. The number of hydrogen-bond acceptors (Lipinski definition) is 2. The van der Waals surface area contributed by atoms with Gasteiger partial charge in [0, 0.05) is 22.7 Å². The van der Waals surface area contributed by atoms with Gasteiger partial charge in [-0.25, -0.2) is 0 Å². The Hall–Kier alpha value is -1.81. The second kappa shape index (κ2) is 5.67. The van der Waals surface area contributed by atoms with E-state index in [1.165, 1.54) is 12.8 Å². The van der Waals surface area contributed by atoms with Gasteiger partial charge in [0.05, 0.1) is 0 Å². The molecule has 1 atom stereocenters. The summed E-state index contributed by atoms with van der Waals surface area (Å²) < 4.78 is 0. The van der Waals surface area contributed by atoms with E-state index in [0.29, 0.717) is 0 Å². The Balaban J connectivity index is 1.99. The van der Waals surface area contributed by atoms with Crippen LogP contribution in [-0.2, 0) is 4.79 Å². The first kappa shape index (κ1) is 13.2. The van der Waals surface area contributed by atoms with E-state index >= 15 is 0 Å². The number of carboxylic acid groups (broad SMARTS) is 1. The Labute approximate surface area is 118 Å². The molecule has 1 aliphatic heterocycles. The number of carbonyl (C=O) groups is 1. The van der Waals surface area contributed by atoms with Crippen molar-refractivity contribution in [3.8, 4) is 0 Å². The topological polar surface area (TPSA) is 56.3 Å². The summed E-state index contributed by atoms with van der Waals surface area (Å²) in [6.07, 6.45) is 6.44. The summed E-state index contributed by atoms with van der Waals surface area (Å²) in [5.74, 6) is -0.753. The number of carboxylic acids is 1. The molecule has 1 fully saturated rings. The molecule has 0 amide bonds. The molecule has 1 unspecified atom stereocenters. The third kappa shape index (κ3) is 2.43. The maximum atomic E-state index is 11.8. The van der Waals surface area contributed by atoms with Gasteiger partial charge in [0.2, 0.25) is 0 Å². The van der Waals surface area contributed by atoms with Gasteiger partial charge >= 0.3 is 5.97 Å². The van der Waals surface area contributed by atoms with E-state index in [4.69, 9.17) is 0 Å². The first-order valence-corrected chi connectivity index (χ1v) is 7.30. The Bertz CT molecular complexity index is 597. The number of nitrogens with zero attached hydrogens (tertiary/aromatic N) is 1. The molecular formula is C16H20N2O2. The molecule has 0 spiro atoms. The molecule has 2 N–H and O–H groups in total. The lowest BCUT2D eigenvalue weighted by molar-refractivity contribution is -0.143. The standard InChI is InChI=1S/C16H20N2O2/c19-16(20)15(18-9-5-1-2-6-10-18)13-11-17-14-8-4-3-7-12(13)14/h3-4,7-8,11,15,17H,1-2,5-6,9-10H2,(H,19,20). The predicted molar refractivity (Wildman–Crippen MR) is 78.7 cm³/mol. The van der Waals surface area contributed by atoms with E-state index in [1.807, 2.05) is 30.5 Å². The minimum atomic E-state index is -0.753. The van der Waals surface area contributed by atoms with Crippen molar-refractivity contribution in [2.45, 2.75) is 31.7 Å². The lowest BCUT2D eigenvalue weighted by Gasteiger charge is -2.27. The lowest BCUT2D eigenvalue weighted by atomic mass is 10.0.